The summed E-state index contributed by atoms with van der Waals surface area (Å²) in [5, 5.41) is 11.5. The maximum Gasteiger partial charge on any atom is 0.239 e. The second-order valence-corrected chi connectivity index (χ2v) is 5.83. The van der Waals surface area contributed by atoms with E-state index in [1.165, 1.54) is 5.56 Å². The minimum absolute atomic E-state index is 0.00736. The van der Waals surface area contributed by atoms with Crippen LogP contribution in [-0.2, 0) is 11.3 Å². The lowest BCUT2D eigenvalue weighted by Crippen LogP contribution is -2.50. The molecule has 0 radical (unpaired) electrons. The smallest absolute Gasteiger partial charge is 0.239 e. The zero-order chi connectivity index (χ0) is 15.5. The third-order valence-corrected chi connectivity index (χ3v) is 3.83. The Morgan fingerprint density at radius 1 is 1.41 bits per heavy atom. The molecule has 1 amide bonds. The standard InChI is InChI=1S/C15H22N6O/c1-3-6-20-14(4-5-16-20)18-15(22)11-19-9-13(10-19)21-8-12(2)7-17-21/h4-5,7-8,13H,3,6,9-11H2,1-2H3,(H,18,22). The fraction of sp³-hybridized carbons (Fsp3) is 0.533. The van der Waals surface area contributed by atoms with Gasteiger partial charge in [-0.3, -0.25) is 14.4 Å². The van der Waals surface area contributed by atoms with Crippen molar-refractivity contribution in [2.24, 2.45) is 0 Å². The van der Waals surface area contributed by atoms with Gasteiger partial charge < -0.3 is 5.32 Å². The van der Waals surface area contributed by atoms with Gasteiger partial charge in [0.1, 0.15) is 5.82 Å². The van der Waals surface area contributed by atoms with Gasteiger partial charge in [0.05, 0.1) is 25.0 Å². The molecule has 0 atom stereocenters. The number of aromatic nitrogens is 4. The zero-order valence-electron chi connectivity index (χ0n) is 13.1. The van der Waals surface area contributed by atoms with Crippen molar-refractivity contribution in [3.05, 3.63) is 30.2 Å². The highest BCUT2D eigenvalue weighted by Crippen LogP contribution is 2.20. The molecule has 1 aliphatic rings. The first kappa shape index (κ1) is 14.8. The van der Waals surface area contributed by atoms with E-state index >= 15 is 0 Å². The number of anilines is 1. The van der Waals surface area contributed by atoms with Gasteiger partial charge in [0, 0.05) is 31.9 Å². The minimum Gasteiger partial charge on any atom is -0.310 e. The van der Waals surface area contributed by atoms with Crippen LogP contribution in [-0.4, -0.2) is 50.0 Å². The molecule has 0 unspecified atom stereocenters. The van der Waals surface area contributed by atoms with Crippen molar-refractivity contribution in [2.45, 2.75) is 32.9 Å². The maximum absolute atomic E-state index is 12.1. The quantitative estimate of drug-likeness (QED) is 0.873. The van der Waals surface area contributed by atoms with Crippen LogP contribution in [0.4, 0.5) is 5.82 Å². The van der Waals surface area contributed by atoms with E-state index in [1.807, 2.05) is 34.7 Å². The van der Waals surface area contributed by atoms with Gasteiger partial charge in [-0.2, -0.15) is 10.2 Å². The number of amides is 1. The number of carbonyl (C=O) groups excluding carboxylic acids is 1. The average molecular weight is 302 g/mol. The van der Waals surface area contributed by atoms with Gasteiger partial charge in [-0.15, -0.1) is 0 Å². The summed E-state index contributed by atoms with van der Waals surface area (Å²) in [5.41, 5.74) is 1.17. The van der Waals surface area contributed by atoms with E-state index < -0.39 is 0 Å². The fourth-order valence-electron chi connectivity index (χ4n) is 2.69. The molecule has 3 heterocycles. The SMILES string of the molecule is CCCn1nccc1NC(=O)CN1CC(n2cc(C)cn2)C1. The van der Waals surface area contributed by atoms with E-state index in [9.17, 15) is 4.79 Å². The first-order chi connectivity index (χ1) is 10.7. The van der Waals surface area contributed by atoms with Crippen LogP contribution in [0.2, 0.25) is 0 Å². The molecule has 118 valence electrons. The molecular weight excluding hydrogens is 280 g/mol. The summed E-state index contributed by atoms with van der Waals surface area (Å²) < 4.78 is 3.81. The van der Waals surface area contributed by atoms with E-state index in [0.717, 1.165) is 31.9 Å². The average Bonchev–Trinajstić information content (AvgIpc) is 3.04. The molecule has 7 nitrogen and oxygen atoms in total. The lowest BCUT2D eigenvalue weighted by molar-refractivity contribution is -0.118. The Kier molecular flexibility index (Phi) is 4.24. The lowest BCUT2D eigenvalue weighted by Gasteiger charge is -2.38. The number of hydrogen-bond acceptors (Lipinski definition) is 4. The van der Waals surface area contributed by atoms with Crippen molar-refractivity contribution < 1.29 is 4.79 Å². The molecule has 0 saturated carbocycles. The summed E-state index contributed by atoms with van der Waals surface area (Å²) in [4.78, 5) is 14.2. The van der Waals surface area contributed by atoms with E-state index in [2.05, 4.69) is 27.3 Å². The summed E-state index contributed by atoms with van der Waals surface area (Å²) >= 11 is 0. The van der Waals surface area contributed by atoms with Crippen molar-refractivity contribution in [1.82, 2.24) is 24.5 Å². The van der Waals surface area contributed by atoms with E-state index in [1.54, 1.807) is 6.20 Å². The Morgan fingerprint density at radius 3 is 2.91 bits per heavy atom. The Hall–Kier alpha value is -2.15. The van der Waals surface area contributed by atoms with E-state index in [-0.39, 0.29) is 5.91 Å². The molecule has 2 aromatic heterocycles. The van der Waals surface area contributed by atoms with Gasteiger partial charge in [0.2, 0.25) is 5.91 Å². The van der Waals surface area contributed by atoms with Crippen LogP contribution in [0.1, 0.15) is 24.9 Å². The Balaban J connectivity index is 1.46. The van der Waals surface area contributed by atoms with Crippen LogP contribution in [0, 0.1) is 6.92 Å². The number of nitrogens with zero attached hydrogens (tertiary/aromatic N) is 5. The predicted octanol–water partition coefficient (Wildman–Crippen LogP) is 1.29. The summed E-state index contributed by atoms with van der Waals surface area (Å²) in [6.07, 6.45) is 6.61. The van der Waals surface area contributed by atoms with Crippen molar-refractivity contribution in [3.8, 4) is 0 Å². The second kappa shape index (κ2) is 6.31. The van der Waals surface area contributed by atoms with Gasteiger partial charge in [-0.25, -0.2) is 4.68 Å². The molecular formula is C15H22N6O. The molecule has 7 heteroatoms. The Bertz CT molecular complexity index is 640. The van der Waals surface area contributed by atoms with Crippen LogP contribution >= 0.6 is 0 Å². The molecule has 0 bridgehead atoms. The number of nitrogens with one attached hydrogen (secondary N) is 1. The monoisotopic (exact) mass is 302 g/mol. The summed E-state index contributed by atoms with van der Waals surface area (Å²) in [7, 11) is 0. The third kappa shape index (κ3) is 3.19. The molecule has 0 aliphatic carbocycles. The third-order valence-electron chi connectivity index (χ3n) is 3.83. The molecule has 1 saturated heterocycles. The van der Waals surface area contributed by atoms with Gasteiger partial charge >= 0.3 is 0 Å². The minimum atomic E-state index is 0.00736. The van der Waals surface area contributed by atoms with Crippen LogP contribution in [0.3, 0.4) is 0 Å². The first-order valence-electron chi connectivity index (χ1n) is 7.70. The number of likely N-dealkylation sites (tertiary alicyclic amines) is 1. The first-order valence-corrected chi connectivity index (χ1v) is 7.70. The topological polar surface area (TPSA) is 68.0 Å². The summed E-state index contributed by atoms with van der Waals surface area (Å²) in [6, 6.07) is 2.21. The van der Waals surface area contributed by atoms with Crippen molar-refractivity contribution in [1.29, 1.82) is 0 Å². The Labute approximate surface area is 129 Å². The van der Waals surface area contributed by atoms with Gasteiger partial charge in [-0.1, -0.05) is 6.92 Å². The molecule has 2 aromatic rings. The van der Waals surface area contributed by atoms with Gasteiger partial charge in [-0.05, 0) is 18.9 Å². The van der Waals surface area contributed by atoms with Gasteiger partial charge in [0.15, 0.2) is 0 Å². The highest BCUT2D eigenvalue weighted by atomic mass is 16.2. The maximum atomic E-state index is 12.1. The van der Waals surface area contributed by atoms with Crippen LogP contribution < -0.4 is 5.32 Å². The summed E-state index contributed by atoms with van der Waals surface area (Å²) in [6.45, 7) is 7.07. The highest BCUT2D eigenvalue weighted by molar-refractivity contribution is 5.91. The van der Waals surface area contributed by atoms with Crippen LogP contribution in [0.5, 0.6) is 0 Å². The Morgan fingerprint density at radius 2 is 2.23 bits per heavy atom. The predicted molar refractivity (Wildman–Crippen MR) is 83.6 cm³/mol. The van der Waals surface area contributed by atoms with E-state index in [4.69, 9.17) is 0 Å². The largest absolute Gasteiger partial charge is 0.310 e. The van der Waals surface area contributed by atoms with Crippen LogP contribution in [0.25, 0.3) is 0 Å². The fourth-order valence-corrected chi connectivity index (χ4v) is 2.69. The van der Waals surface area contributed by atoms with Crippen LogP contribution in [0.15, 0.2) is 24.7 Å². The number of aryl methyl sites for hydroxylation is 2. The number of rotatable bonds is 6. The highest BCUT2D eigenvalue weighted by Gasteiger charge is 2.30. The summed E-state index contributed by atoms with van der Waals surface area (Å²) in [5.74, 6) is 0.777. The molecule has 1 N–H and O–H groups in total. The molecule has 0 aromatic carbocycles. The molecule has 0 spiro atoms. The lowest BCUT2D eigenvalue weighted by atomic mass is 10.1. The number of hydrogen-bond donors (Lipinski definition) is 1. The number of carbonyl (C=O) groups is 1. The normalized spacial score (nSPS) is 15.7. The second-order valence-electron chi connectivity index (χ2n) is 5.83. The zero-order valence-corrected chi connectivity index (χ0v) is 13.1. The molecule has 1 fully saturated rings. The van der Waals surface area contributed by atoms with Crippen molar-refractivity contribution >= 4 is 11.7 Å². The molecule has 1 aliphatic heterocycles. The molecule has 3 rings (SSSR count). The van der Waals surface area contributed by atoms with Crippen molar-refractivity contribution in [3.63, 3.8) is 0 Å². The van der Waals surface area contributed by atoms with Gasteiger partial charge in [0.25, 0.3) is 0 Å². The van der Waals surface area contributed by atoms with E-state index in [0.29, 0.717) is 12.6 Å². The molecule has 22 heavy (non-hydrogen) atoms. The van der Waals surface area contributed by atoms with Crippen molar-refractivity contribution in [2.75, 3.05) is 25.0 Å².